The Labute approximate surface area is 147 Å². The summed E-state index contributed by atoms with van der Waals surface area (Å²) in [5.41, 5.74) is 1.81. The van der Waals surface area contributed by atoms with Gasteiger partial charge < -0.3 is 5.32 Å². The largest absolute Gasteiger partial charge is 0.334 e. The first kappa shape index (κ1) is 15.3. The summed E-state index contributed by atoms with van der Waals surface area (Å²) in [6, 6.07) is 13.0. The lowest BCUT2D eigenvalue weighted by atomic mass is 10.2. The molecule has 4 rings (SSSR count). The Morgan fingerprint density at radius 2 is 2.08 bits per heavy atom. The quantitative estimate of drug-likeness (QED) is 0.592. The average molecular weight is 350 g/mol. The van der Waals surface area contributed by atoms with Crippen LogP contribution in [0.2, 0.25) is 0 Å². The molecule has 8 heteroatoms. The molecule has 7 nitrogen and oxygen atoms in total. The molecule has 0 unspecified atom stereocenters. The number of carbonyl (C=O) groups excluding carboxylic acids is 1. The summed E-state index contributed by atoms with van der Waals surface area (Å²) in [6.45, 7) is 0.382. The molecule has 1 aromatic carbocycles. The van der Waals surface area contributed by atoms with E-state index in [0.29, 0.717) is 17.5 Å². The topological polar surface area (TPSA) is 84.7 Å². The van der Waals surface area contributed by atoms with Gasteiger partial charge in [-0.2, -0.15) is 5.10 Å². The van der Waals surface area contributed by atoms with E-state index in [9.17, 15) is 4.79 Å². The first-order valence-electron chi connectivity index (χ1n) is 7.63. The predicted molar refractivity (Wildman–Crippen MR) is 96.8 cm³/mol. The highest BCUT2D eigenvalue weighted by molar-refractivity contribution is 7.22. The van der Waals surface area contributed by atoms with Crippen LogP contribution in [0.5, 0.6) is 0 Å². The number of anilines is 1. The molecule has 3 heterocycles. The van der Waals surface area contributed by atoms with Crippen molar-refractivity contribution in [3.05, 3.63) is 66.6 Å². The van der Waals surface area contributed by atoms with Gasteiger partial charge in [0.2, 0.25) is 0 Å². The molecule has 0 radical (unpaired) electrons. The second-order valence-electron chi connectivity index (χ2n) is 5.27. The van der Waals surface area contributed by atoms with Crippen molar-refractivity contribution in [3.8, 4) is 5.82 Å². The monoisotopic (exact) mass is 350 g/mol. The number of aromatic nitrogens is 4. The predicted octanol–water partition coefficient (Wildman–Crippen LogP) is 3.20. The zero-order valence-corrected chi connectivity index (χ0v) is 13.9. The van der Waals surface area contributed by atoms with E-state index in [2.05, 4.69) is 25.7 Å². The minimum absolute atomic E-state index is 0.295. The molecule has 0 bridgehead atoms. The van der Waals surface area contributed by atoms with Crippen LogP contribution in [-0.2, 0) is 6.54 Å². The van der Waals surface area contributed by atoms with Crippen LogP contribution < -0.4 is 10.6 Å². The second-order valence-corrected chi connectivity index (χ2v) is 6.30. The van der Waals surface area contributed by atoms with Crippen LogP contribution in [0, 0.1) is 0 Å². The summed E-state index contributed by atoms with van der Waals surface area (Å²) in [5.74, 6) is 0.705. The maximum atomic E-state index is 12.1. The zero-order valence-electron chi connectivity index (χ0n) is 13.1. The molecule has 0 aliphatic heterocycles. The van der Waals surface area contributed by atoms with E-state index < -0.39 is 0 Å². The SMILES string of the molecule is O=C(NCc1ccnc(-n2cccn2)c1)Nc1nc2ccccc2s1. The van der Waals surface area contributed by atoms with E-state index >= 15 is 0 Å². The number of nitrogens with zero attached hydrogens (tertiary/aromatic N) is 4. The number of pyridine rings is 1. The van der Waals surface area contributed by atoms with Crippen molar-refractivity contribution in [1.82, 2.24) is 25.1 Å². The third kappa shape index (κ3) is 3.48. The lowest BCUT2D eigenvalue weighted by Gasteiger charge is -2.07. The van der Waals surface area contributed by atoms with Crippen molar-refractivity contribution >= 4 is 32.7 Å². The van der Waals surface area contributed by atoms with Crippen molar-refractivity contribution in [3.63, 3.8) is 0 Å². The molecule has 0 saturated heterocycles. The fraction of sp³-hybridized carbons (Fsp3) is 0.0588. The molecule has 2 N–H and O–H groups in total. The minimum atomic E-state index is -0.295. The van der Waals surface area contributed by atoms with E-state index in [1.807, 2.05) is 48.7 Å². The zero-order chi connectivity index (χ0) is 17.1. The number of thiazole rings is 1. The second kappa shape index (κ2) is 6.70. The molecule has 4 aromatic rings. The number of carbonyl (C=O) groups is 1. The number of rotatable bonds is 4. The maximum Gasteiger partial charge on any atom is 0.321 e. The summed E-state index contributed by atoms with van der Waals surface area (Å²) in [4.78, 5) is 20.7. The molecule has 0 aliphatic rings. The van der Waals surface area contributed by atoms with Crippen molar-refractivity contribution < 1.29 is 4.79 Å². The Morgan fingerprint density at radius 3 is 2.92 bits per heavy atom. The van der Waals surface area contributed by atoms with Crippen LogP contribution in [-0.4, -0.2) is 25.8 Å². The molecular weight excluding hydrogens is 336 g/mol. The van der Waals surface area contributed by atoms with Crippen LogP contribution in [0.25, 0.3) is 16.0 Å². The van der Waals surface area contributed by atoms with E-state index in [1.165, 1.54) is 11.3 Å². The highest BCUT2D eigenvalue weighted by atomic mass is 32.1. The van der Waals surface area contributed by atoms with Gasteiger partial charge in [-0.15, -0.1) is 0 Å². The van der Waals surface area contributed by atoms with Crippen LogP contribution in [0.3, 0.4) is 0 Å². The Morgan fingerprint density at radius 1 is 1.16 bits per heavy atom. The van der Waals surface area contributed by atoms with Crippen molar-refractivity contribution in [2.45, 2.75) is 6.54 Å². The Balaban J connectivity index is 1.39. The van der Waals surface area contributed by atoms with E-state index in [0.717, 1.165) is 15.8 Å². The summed E-state index contributed by atoms with van der Waals surface area (Å²) >= 11 is 1.44. The number of hydrogen-bond donors (Lipinski definition) is 2. The van der Waals surface area contributed by atoms with Gasteiger partial charge in [-0.05, 0) is 35.9 Å². The molecule has 0 aliphatic carbocycles. The van der Waals surface area contributed by atoms with Gasteiger partial charge in [-0.3, -0.25) is 5.32 Å². The highest BCUT2D eigenvalue weighted by Crippen LogP contribution is 2.25. The van der Waals surface area contributed by atoms with Crippen LogP contribution in [0.4, 0.5) is 9.93 Å². The number of para-hydroxylation sites is 1. The van der Waals surface area contributed by atoms with Crippen LogP contribution in [0.15, 0.2) is 61.1 Å². The normalized spacial score (nSPS) is 10.7. The first-order valence-corrected chi connectivity index (χ1v) is 8.45. The summed E-state index contributed by atoms with van der Waals surface area (Å²) in [5, 5.41) is 10.3. The van der Waals surface area contributed by atoms with E-state index in [1.54, 1.807) is 17.1 Å². The number of benzene rings is 1. The average Bonchev–Trinajstić information content (AvgIpc) is 3.29. The molecule has 3 aromatic heterocycles. The van der Waals surface area contributed by atoms with Gasteiger partial charge in [0, 0.05) is 25.1 Å². The number of fused-ring (bicyclic) bond motifs is 1. The lowest BCUT2D eigenvalue weighted by molar-refractivity contribution is 0.251. The third-order valence-corrected chi connectivity index (χ3v) is 4.47. The van der Waals surface area contributed by atoms with Crippen molar-refractivity contribution in [2.75, 3.05) is 5.32 Å². The van der Waals surface area contributed by atoms with Crippen LogP contribution in [0.1, 0.15) is 5.56 Å². The van der Waals surface area contributed by atoms with Crippen LogP contribution >= 0.6 is 11.3 Å². The minimum Gasteiger partial charge on any atom is -0.334 e. The fourth-order valence-electron chi connectivity index (χ4n) is 2.35. The molecule has 124 valence electrons. The van der Waals surface area contributed by atoms with Gasteiger partial charge >= 0.3 is 6.03 Å². The van der Waals surface area contributed by atoms with Crippen molar-refractivity contribution in [1.29, 1.82) is 0 Å². The van der Waals surface area contributed by atoms with Gasteiger partial charge in [0.1, 0.15) is 0 Å². The Kier molecular flexibility index (Phi) is 4.09. The van der Waals surface area contributed by atoms with Gasteiger partial charge in [-0.1, -0.05) is 23.5 Å². The standard InChI is InChI=1S/C17H14N6OS/c24-16(22-17-21-13-4-1-2-5-14(13)25-17)19-11-12-6-8-18-15(10-12)23-9-3-7-20-23/h1-10H,11H2,(H2,19,21,22,24). The third-order valence-electron chi connectivity index (χ3n) is 3.52. The first-order chi connectivity index (χ1) is 12.3. The van der Waals surface area contributed by atoms with E-state index in [-0.39, 0.29) is 6.03 Å². The molecule has 2 amide bonds. The number of urea groups is 1. The number of hydrogen-bond acceptors (Lipinski definition) is 5. The Hall–Kier alpha value is -3.26. The van der Waals surface area contributed by atoms with Crippen molar-refractivity contribution in [2.24, 2.45) is 0 Å². The fourth-order valence-corrected chi connectivity index (χ4v) is 3.21. The summed E-state index contributed by atoms with van der Waals surface area (Å²) < 4.78 is 2.71. The molecule has 0 fully saturated rings. The molecule has 0 saturated carbocycles. The number of amides is 2. The summed E-state index contributed by atoms with van der Waals surface area (Å²) in [7, 11) is 0. The maximum absolute atomic E-state index is 12.1. The molecular formula is C17H14N6OS. The molecule has 25 heavy (non-hydrogen) atoms. The summed E-state index contributed by atoms with van der Waals surface area (Å²) in [6.07, 6.45) is 5.21. The lowest BCUT2D eigenvalue weighted by Crippen LogP contribution is -2.28. The molecule has 0 atom stereocenters. The highest BCUT2D eigenvalue weighted by Gasteiger charge is 2.07. The van der Waals surface area contributed by atoms with Gasteiger partial charge in [-0.25, -0.2) is 19.4 Å². The van der Waals surface area contributed by atoms with Gasteiger partial charge in [0.25, 0.3) is 0 Å². The Bertz CT molecular complexity index is 978. The van der Waals surface area contributed by atoms with Gasteiger partial charge in [0.15, 0.2) is 10.9 Å². The smallest absolute Gasteiger partial charge is 0.321 e. The number of nitrogens with one attached hydrogen (secondary N) is 2. The van der Waals surface area contributed by atoms with Gasteiger partial charge in [0.05, 0.1) is 10.2 Å². The molecule has 0 spiro atoms. The van der Waals surface area contributed by atoms with E-state index in [4.69, 9.17) is 0 Å².